The second kappa shape index (κ2) is 7.07. The van der Waals surface area contributed by atoms with Gasteiger partial charge in [0.25, 0.3) is 0 Å². The topological polar surface area (TPSA) is 97.8 Å². The van der Waals surface area contributed by atoms with Crippen LogP contribution in [0.2, 0.25) is 0 Å². The van der Waals surface area contributed by atoms with Crippen LogP contribution < -0.4 is 4.90 Å². The van der Waals surface area contributed by atoms with Gasteiger partial charge in [0.1, 0.15) is 29.0 Å². The molecule has 0 aromatic carbocycles. The largest absolute Gasteiger partial charge is 0.395 e. The van der Waals surface area contributed by atoms with Gasteiger partial charge in [-0.1, -0.05) is 0 Å². The Balaban J connectivity index is 2.05. The molecule has 0 fully saturated rings. The van der Waals surface area contributed by atoms with Crippen molar-refractivity contribution in [2.24, 2.45) is 10.2 Å². The molecule has 2 aromatic rings. The molecule has 1 N–H and O–H groups in total. The van der Waals surface area contributed by atoms with Gasteiger partial charge in [-0.25, -0.2) is 9.97 Å². The van der Waals surface area contributed by atoms with Crippen LogP contribution in [0, 0.1) is 11.3 Å². The Bertz CT molecular complexity index is 645. The predicted molar refractivity (Wildman–Crippen MR) is 77.7 cm³/mol. The molecule has 0 aliphatic carbocycles. The SMILES string of the molecule is CN(CCO)c1ccc(N=Nc2ccc(C#N)nc2)cn1. The van der Waals surface area contributed by atoms with Crippen molar-refractivity contribution in [3.05, 3.63) is 42.4 Å². The molecule has 0 aliphatic heterocycles. The first-order valence-electron chi connectivity index (χ1n) is 6.29. The molecule has 2 aromatic heterocycles. The number of aromatic nitrogens is 2. The molecule has 0 spiro atoms. The zero-order chi connectivity index (χ0) is 15.1. The Hall–Kier alpha value is -2.85. The van der Waals surface area contributed by atoms with Gasteiger partial charge in [0.15, 0.2) is 0 Å². The molecule has 2 heterocycles. The number of nitrogens with zero attached hydrogens (tertiary/aromatic N) is 6. The lowest BCUT2D eigenvalue weighted by atomic mass is 10.3. The van der Waals surface area contributed by atoms with Gasteiger partial charge in [0.05, 0.1) is 19.0 Å². The number of aliphatic hydroxyl groups excluding tert-OH is 1. The number of pyridine rings is 2. The number of nitriles is 1. The molecule has 0 bridgehead atoms. The van der Waals surface area contributed by atoms with Crippen molar-refractivity contribution in [1.82, 2.24) is 9.97 Å². The van der Waals surface area contributed by atoms with Crippen LogP contribution in [0.1, 0.15) is 5.69 Å². The summed E-state index contributed by atoms with van der Waals surface area (Å²) in [4.78, 5) is 9.98. The van der Waals surface area contributed by atoms with Gasteiger partial charge in [-0.15, -0.1) is 10.2 Å². The summed E-state index contributed by atoms with van der Waals surface area (Å²) in [5.74, 6) is 0.753. The van der Waals surface area contributed by atoms with Crippen molar-refractivity contribution in [2.45, 2.75) is 0 Å². The van der Waals surface area contributed by atoms with E-state index in [4.69, 9.17) is 10.4 Å². The molecule has 0 aliphatic rings. The summed E-state index contributed by atoms with van der Waals surface area (Å²) in [5.41, 5.74) is 1.52. The van der Waals surface area contributed by atoms with E-state index in [2.05, 4.69) is 20.2 Å². The number of likely N-dealkylation sites (N-methyl/N-ethyl adjacent to an activating group) is 1. The Morgan fingerprint density at radius 2 is 1.81 bits per heavy atom. The van der Waals surface area contributed by atoms with Gasteiger partial charge in [0.2, 0.25) is 0 Å². The van der Waals surface area contributed by atoms with E-state index in [1.807, 2.05) is 18.0 Å². The number of rotatable bonds is 5. The van der Waals surface area contributed by atoms with Gasteiger partial charge in [-0.2, -0.15) is 5.26 Å². The summed E-state index contributed by atoms with van der Waals surface area (Å²) in [5, 5.41) is 25.6. The van der Waals surface area contributed by atoms with Gasteiger partial charge in [-0.05, 0) is 24.3 Å². The van der Waals surface area contributed by atoms with E-state index >= 15 is 0 Å². The molecular weight excluding hydrogens is 268 g/mol. The summed E-state index contributed by atoms with van der Waals surface area (Å²) in [7, 11) is 1.85. The van der Waals surface area contributed by atoms with Crippen molar-refractivity contribution in [2.75, 3.05) is 25.1 Å². The third-order valence-electron chi connectivity index (χ3n) is 2.70. The van der Waals surface area contributed by atoms with Gasteiger partial charge in [0, 0.05) is 13.6 Å². The Morgan fingerprint density at radius 1 is 1.14 bits per heavy atom. The van der Waals surface area contributed by atoms with Crippen molar-refractivity contribution >= 4 is 17.2 Å². The average Bonchev–Trinajstić information content (AvgIpc) is 2.54. The zero-order valence-electron chi connectivity index (χ0n) is 11.5. The number of hydrogen-bond acceptors (Lipinski definition) is 7. The lowest BCUT2D eigenvalue weighted by molar-refractivity contribution is 0.304. The van der Waals surface area contributed by atoms with Crippen LogP contribution in [0.5, 0.6) is 0 Å². The van der Waals surface area contributed by atoms with Gasteiger partial charge >= 0.3 is 0 Å². The molecular formula is C14H14N6O. The first-order chi connectivity index (χ1) is 10.2. The van der Waals surface area contributed by atoms with Crippen molar-refractivity contribution in [1.29, 1.82) is 5.26 Å². The number of anilines is 1. The van der Waals surface area contributed by atoms with Crippen LogP contribution in [0.4, 0.5) is 17.2 Å². The van der Waals surface area contributed by atoms with Crippen LogP contribution in [-0.4, -0.2) is 35.3 Å². The van der Waals surface area contributed by atoms with Crippen LogP contribution in [-0.2, 0) is 0 Å². The third-order valence-corrected chi connectivity index (χ3v) is 2.70. The Labute approximate surface area is 122 Å². The molecule has 2 rings (SSSR count). The quantitative estimate of drug-likeness (QED) is 0.848. The second-order valence-corrected chi connectivity index (χ2v) is 4.23. The summed E-state index contributed by atoms with van der Waals surface area (Å²) >= 11 is 0. The Kier molecular flexibility index (Phi) is 4.90. The second-order valence-electron chi connectivity index (χ2n) is 4.23. The molecule has 0 amide bonds. The minimum atomic E-state index is 0.0747. The van der Waals surface area contributed by atoms with Crippen molar-refractivity contribution in [3.8, 4) is 6.07 Å². The Morgan fingerprint density at radius 3 is 2.29 bits per heavy atom. The standard InChI is InChI=1S/C14H14N6O/c1-20(6-7-21)14-5-4-13(10-17-14)19-18-12-3-2-11(8-15)16-9-12/h2-5,9-10,21H,6-7H2,1H3. The molecule has 7 heteroatoms. The van der Waals surface area contributed by atoms with Crippen LogP contribution in [0.25, 0.3) is 0 Å². The fraction of sp³-hybridized carbons (Fsp3) is 0.214. The van der Waals surface area contributed by atoms with E-state index in [0.717, 1.165) is 5.82 Å². The highest BCUT2D eigenvalue weighted by Crippen LogP contribution is 2.19. The maximum absolute atomic E-state index is 8.87. The molecule has 0 atom stereocenters. The summed E-state index contributed by atoms with van der Waals surface area (Å²) < 4.78 is 0. The summed E-state index contributed by atoms with van der Waals surface area (Å²) in [6, 6.07) is 8.79. The average molecular weight is 282 g/mol. The van der Waals surface area contributed by atoms with Gasteiger partial charge in [-0.3, -0.25) is 0 Å². The number of hydrogen-bond donors (Lipinski definition) is 1. The molecule has 21 heavy (non-hydrogen) atoms. The normalized spacial score (nSPS) is 10.5. The first-order valence-corrected chi connectivity index (χ1v) is 6.29. The smallest absolute Gasteiger partial charge is 0.140 e. The molecule has 0 unspecified atom stereocenters. The fourth-order valence-electron chi connectivity index (χ4n) is 1.55. The van der Waals surface area contributed by atoms with E-state index in [9.17, 15) is 0 Å². The third kappa shape index (κ3) is 4.06. The molecule has 0 saturated heterocycles. The van der Waals surface area contributed by atoms with Crippen LogP contribution in [0.15, 0.2) is 46.9 Å². The monoisotopic (exact) mass is 282 g/mol. The maximum atomic E-state index is 8.87. The van der Waals surface area contributed by atoms with Crippen LogP contribution in [0.3, 0.4) is 0 Å². The highest BCUT2D eigenvalue weighted by Gasteiger charge is 2.01. The van der Waals surface area contributed by atoms with Crippen molar-refractivity contribution < 1.29 is 5.11 Å². The number of azo groups is 1. The molecule has 7 nitrogen and oxygen atoms in total. The van der Waals surface area contributed by atoms with E-state index < -0.39 is 0 Å². The summed E-state index contributed by atoms with van der Waals surface area (Å²) in [6.07, 6.45) is 3.09. The highest BCUT2D eigenvalue weighted by atomic mass is 16.3. The van der Waals surface area contributed by atoms with E-state index in [-0.39, 0.29) is 6.61 Å². The highest BCUT2D eigenvalue weighted by molar-refractivity contribution is 5.45. The van der Waals surface area contributed by atoms with E-state index in [0.29, 0.717) is 23.6 Å². The molecule has 106 valence electrons. The summed E-state index contributed by atoms with van der Waals surface area (Å²) in [6.45, 7) is 0.593. The predicted octanol–water partition coefficient (Wildman–Crippen LogP) is 2.19. The lowest BCUT2D eigenvalue weighted by Gasteiger charge is -2.15. The minimum absolute atomic E-state index is 0.0747. The zero-order valence-corrected chi connectivity index (χ0v) is 11.5. The number of aliphatic hydroxyl groups is 1. The lowest BCUT2D eigenvalue weighted by Crippen LogP contribution is -2.21. The fourth-order valence-corrected chi connectivity index (χ4v) is 1.55. The minimum Gasteiger partial charge on any atom is -0.395 e. The van der Waals surface area contributed by atoms with E-state index in [1.54, 1.807) is 30.5 Å². The van der Waals surface area contributed by atoms with Gasteiger partial charge < -0.3 is 10.0 Å². The molecule has 0 saturated carbocycles. The van der Waals surface area contributed by atoms with Crippen LogP contribution >= 0.6 is 0 Å². The molecule has 0 radical (unpaired) electrons. The van der Waals surface area contributed by atoms with Crippen molar-refractivity contribution in [3.63, 3.8) is 0 Å². The first kappa shape index (κ1) is 14.6. The maximum Gasteiger partial charge on any atom is 0.140 e. The van der Waals surface area contributed by atoms with E-state index in [1.165, 1.54) is 6.20 Å².